The van der Waals surface area contributed by atoms with Crippen molar-refractivity contribution in [1.82, 2.24) is 15.0 Å². The summed E-state index contributed by atoms with van der Waals surface area (Å²) < 4.78 is 16.5. The van der Waals surface area contributed by atoms with Crippen LogP contribution in [-0.2, 0) is 16.0 Å². The van der Waals surface area contributed by atoms with Crippen molar-refractivity contribution >= 4 is 5.91 Å². The maximum atomic E-state index is 12.4. The summed E-state index contributed by atoms with van der Waals surface area (Å²) >= 11 is 0. The minimum absolute atomic E-state index is 0.0450. The number of hydrogen-bond donors (Lipinski definition) is 0. The highest BCUT2D eigenvalue weighted by Gasteiger charge is 2.26. The van der Waals surface area contributed by atoms with Crippen molar-refractivity contribution in [2.45, 2.75) is 44.9 Å². The second-order valence-electron chi connectivity index (χ2n) is 8.06. The normalized spacial score (nSPS) is 18.7. The van der Waals surface area contributed by atoms with Crippen molar-refractivity contribution in [3.8, 4) is 5.75 Å². The van der Waals surface area contributed by atoms with Crippen molar-refractivity contribution in [3.05, 3.63) is 41.5 Å². The van der Waals surface area contributed by atoms with Gasteiger partial charge in [0.05, 0.1) is 0 Å². The average Bonchev–Trinajstić information content (AvgIpc) is 3.23. The zero-order chi connectivity index (χ0) is 20.1. The Kier molecular flexibility index (Phi) is 6.44. The molecule has 0 radical (unpaired) electrons. The Hall–Kier alpha value is -2.41. The van der Waals surface area contributed by atoms with Gasteiger partial charge in [0.15, 0.2) is 12.4 Å². The van der Waals surface area contributed by atoms with Crippen molar-refractivity contribution in [2.24, 2.45) is 5.92 Å². The van der Waals surface area contributed by atoms with Gasteiger partial charge in [0.25, 0.3) is 5.91 Å². The summed E-state index contributed by atoms with van der Waals surface area (Å²) in [6, 6.07) is 7.76. The SMILES string of the molecule is Cc1ccc(OCC(=O)N2CCC(Cc3nc(C4CCOCC4)no3)CC2)cc1. The molecule has 0 unspecified atom stereocenters. The molecular formula is C22H29N3O4. The molecule has 2 fully saturated rings. The molecule has 156 valence electrons. The molecule has 2 aliphatic heterocycles. The van der Waals surface area contributed by atoms with Gasteiger partial charge in [-0.05, 0) is 50.7 Å². The van der Waals surface area contributed by atoms with E-state index in [1.165, 1.54) is 5.56 Å². The molecule has 0 saturated carbocycles. The molecule has 2 aliphatic rings. The third-order valence-corrected chi connectivity index (χ3v) is 5.88. The largest absolute Gasteiger partial charge is 0.484 e. The first-order valence-electron chi connectivity index (χ1n) is 10.5. The van der Waals surface area contributed by atoms with E-state index in [0.29, 0.717) is 11.8 Å². The number of carbonyl (C=O) groups is 1. The minimum atomic E-state index is 0.0450. The molecule has 1 aromatic carbocycles. The summed E-state index contributed by atoms with van der Waals surface area (Å²) in [5.41, 5.74) is 1.17. The molecule has 7 heteroatoms. The van der Waals surface area contributed by atoms with Gasteiger partial charge >= 0.3 is 0 Å². The molecule has 0 aliphatic carbocycles. The van der Waals surface area contributed by atoms with E-state index in [0.717, 1.165) is 75.9 Å². The number of piperidine rings is 1. The molecule has 2 aromatic rings. The monoisotopic (exact) mass is 399 g/mol. The standard InChI is InChI=1S/C22H29N3O4/c1-16-2-4-19(5-3-16)28-15-21(26)25-10-6-17(7-11-25)14-20-23-22(24-29-20)18-8-12-27-13-9-18/h2-5,17-18H,6-15H2,1H3. The number of likely N-dealkylation sites (tertiary alicyclic amines) is 1. The lowest BCUT2D eigenvalue weighted by atomic mass is 9.93. The number of amides is 1. The lowest BCUT2D eigenvalue weighted by molar-refractivity contribution is -0.134. The number of benzene rings is 1. The van der Waals surface area contributed by atoms with E-state index in [-0.39, 0.29) is 12.5 Å². The number of aromatic nitrogens is 2. The molecule has 0 atom stereocenters. The Morgan fingerprint density at radius 1 is 1.14 bits per heavy atom. The fourth-order valence-corrected chi connectivity index (χ4v) is 3.98. The molecule has 0 spiro atoms. The summed E-state index contributed by atoms with van der Waals surface area (Å²) in [4.78, 5) is 18.9. The first-order valence-corrected chi connectivity index (χ1v) is 10.5. The quantitative estimate of drug-likeness (QED) is 0.743. The zero-order valence-corrected chi connectivity index (χ0v) is 17.0. The highest BCUT2D eigenvalue weighted by molar-refractivity contribution is 5.77. The average molecular weight is 399 g/mol. The van der Waals surface area contributed by atoms with E-state index in [4.69, 9.17) is 14.0 Å². The van der Waals surface area contributed by atoms with Crippen LogP contribution in [0.25, 0.3) is 0 Å². The number of ether oxygens (including phenoxy) is 2. The third kappa shape index (κ3) is 5.35. The van der Waals surface area contributed by atoms with Crippen LogP contribution in [0.3, 0.4) is 0 Å². The van der Waals surface area contributed by atoms with Crippen LogP contribution in [0.5, 0.6) is 5.75 Å². The van der Waals surface area contributed by atoms with Crippen molar-refractivity contribution in [1.29, 1.82) is 0 Å². The number of rotatable bonds is 6. The number of carbonyl (C=O) groups excluding carboxylic acids is 1. The predicted octanol–water partition coefficient (Wildman–Crippen LogP) is 3.13. The zero-order valence-electron chi connectivity index (χ0n) is 17.0. The van der Waals surface area contributed by atoms with Crippen LogP contribution in [0.15, 0.2) is 28.8 Å². The first kappa shape index (κ1) is 19.9. The van der Waals surface area contributed by atoms with Crippen LogP contribution in [-0.4, -0.2) is 53.9 Å². The van der Waals surface area contributed by atoms with E-state index in [1.807, 2.05) is 36.1 Å². The second-order valence-corrected chi connectivity index (χ2v) is 8.06. The molecule has 0 N–H and O–H groups in total. The van der Waals surface area contributed by atoms with Crippen molar-refractivity contribution < 1.29 is 18.8 Å². The van der Waals surface area contributed by atoms with E-state index in [1.54, 1.807) is 0 Å². The van der Waals surface area contributed by atoms with Gasteiger partial charge in [-0.2, -0.15) is 4.98 Å². The number of nitrogens with zero attached hydrogens (tertiary/aromatic N) is 3. The molecule has 3 heterocycles. The van der Waals surface area contributed by atoms with Crippen molar-refractivity contribution in [2.75, 3.05) is 32.9 Å². The van der Waals surface area contributed by atoms with Gasteiger partial charge in [-0.3, -0.25) is 4.79 Å². The van der Waals surface area contributed by atoms with Gasteiger partial charge in [0, 0.05) is 38.6 Å². The van der Waals surface area contributed by atoms with Gasteiger partial charge in [-0.1, -0.05) is 22.9 Å². The van der Waals surface area contributed by atoms with Crippen LogP contribution in [0.4, 0.5) is 0 Å². The second kappa shape index (κ2) is 9.39. The molecular weight excluding hydrogens is 370 g/mol. The van der Waals surface area contributed by atoms with Gasteiger partial charge < -0.3 is 18.9 Å². The molecule has 29 heavy (non-hydrogen) atoms. The van der Waals surface area contributed by atoms with E-state index in [2.05, 4.69) is 10.1 Å². The highest BCUT2D eigenvalue weighted by Crippen LogP contribution is 2.26. The van der Waals surface area contributed by atoms with Crippen LogP contribution in [0.2, 0.25) is 0 Å². The van der Waals surface area contributed by atoms with Crippen LogP contribution < -0.4 is 4.74 Å². The van der Waals surface area contributed by atoms with Gasteiger partial charge in [0.1, 0.15) is 5.75 Å². The lowest BCUT2D eigenvalue weighted by Crippen LogP contribution is -2.41. The maximum absolute atomic E-state index is 12.4. The summed E-state index contributed by atoms with van der Waals surface area (Å²) in [6.45, 7) is 5.16. The maximum Gasteiger partial charge on any atom is 0.260 e. The van der Waals surface area contributed by atoms with E-state index in [9.17, 15) is 4.79 Å². The topological polar surface area (TPSA) is 77.7 Å². The number of hydrogen-bond acceptors (Lipinski definition) is 6. The fourth-order valence-electron chi connectivity index (χ4n) is 3.98. The van der Waals surface area contributed by atoms with Crippen LogP contribution in [0.1, 0.15) is 48.9 Å². The summed E-state index contributed by atoms with van der Waals surface area (Å²) in [5.74, 6) is 3.15. The van der Waals surface area contributed by atoms with E-state index >= 15 is 0 Å². The molecule has 2 saturated heterocycles. The highest BCUT2D eigenvalue weighted by atomic mass is 16.5. The predicted molar refractivity (Wildman–Crippen MR) is 107 cm³/mol. The summed E-state index contributed by atoms with van der Waals surface area (Å²) in [5, 5.41) is 4.18. The molecule has 1 amide bonds. The molecule has 4 rings (SSSR count). The minimum Gasteiger partial charge on any atom is -0.484 e. The Morgan fingerprint density at radius 2 is 1.86 bits per heavy atom. The molecule has 7 nitrogen and oxygen atoms in total. The van der Waals surface area contributed by atoms with Crippen LogP contribution in [0, 0.1) is 12.8 Å². The third-order valence-electron chi connectivity index (χ3n) is 5.88. The smallest absolute Gasteiger partial charge is 0.260 e. The van der Waals surface area contributed by atoms with E-state index < -0.39 is 0 Å². The molecule has 1 aromatic heterocycles. The summed E-state index contributed by atoms with van der Waals surface area (Å²) in [6.07, 6.45) is 4.61. The van der Waals surface area contributed by atoms with Crippen molar-refractivity contribution in [3.63, 3.8) is 0 Å². The fraction of sp³-hybridized carbons (Fsp3) is 0.591. The van der Waals surface area contributed by atoms with Gasteiger partial charge in [-0.25, -0.2) is 0 Å². The Balaban J connectivity index is 1.20. The molecule has 0 bridgehead atoms. The van der Waals surface area contributed by atoms with Crippen LogP contribution >= 0.6 is 0 Å². The lowest BCUT2D eigenvalue weighted by Gasteiger charge is -2.31. The number of aryl methyl sites for hydroxylation is 1. The summed E-state index contributed by atoms with van der Waals surface area (Å²) in [7, 11) is 0. The first-order chi connectivity index (χ1) is 14.2. The van der Waals surface area contributed by atoms with Gasteiger partial charge in [0.2, 0.25) is 5.89 Å². The van der Waals surface area contributed by atoms with Gasteiger partial charge in [-0.15, -0.1) is 0 Å². The Bertz CT molecular complexity index is 791. The Morgan fingerprint density at radius 3 is 2.59 bits per heavy atom. The Labute approximate surface area is 171 Å².